The molecule has 0 saturated carbocycles. The molecule has 0 spiro atoms. The standard InChI is InChI=1S/C11H14N4O.C4H9NO/c1-8-5-4-6-15-9(8)13-14-10(15)11(2,3)12-7-16;1-3-6-4-2-5-1/h4-7H,1-3H3,(H,12,16);5H,1-4H2. The Kier molecular flexibility index (Phi) is 5.46. The van der Waals surface area contributed by atoms with E-state index in [0.717, 1.165) is 43.3 Å². The van der Waals surface area contributed by atoms with E-state index < -0.39 is 5.54 Å². The number of nitrogens with zero attached hydrogens (tertiary/aromatic N) is 3. The average Bonchev–Trinajstić information content (AvgIpc) is 2.96. The number of ether oxygens (including phenoxy) is 1. The Bertz CT molecular complexity index is 608. The van der Waals surface area contributed by atoms with E-state index in [-0.39, 0.29) is 0 Å². The van der Waals surface area contributed by atoms with Gasteiger partial charge in [-0.2, -0.15) is 0 Å². The number of fused-ring (bicyclic) bond motifs is 1. The van der Waals surface area contributed by atoms with Crippen molar-refractivity contribution in [3.05, 3.63) is 29.7 Å². The van der Waals surface area contributed by atoms with Gasteiger partial charge in [-0.25, -0.2) is 0 Å². The molecule has 0 bridgehead atoms. The van der Waals surface area contributed by atoms with Crippen LogP contribution in [-0.2, 0) is 15.1 Å². The minimum Gasteiger partial charge on any atom is -0.379 e. The first kappa shape index (κ1) is 16.4. The second-order valence-electron chi connectivity index (χ2n) is 5.66. The van der Waals surface area contributed by atoms with Crippen LogP contribution in [-0.4, -0.2) is 47.3 Å². The SMILES string of the molecule is C1COCCN1.Cc1cccn2c(C(C)(C)NC=O)nnc12. The van der Waals surface area contributed by atoms with Crippen molar-refractivity contribution in [3.63, 3.8) is 0 Å². The Hall–Kier alpha value is -1.99. The first-order valence-electron chi connectivity index (χ1n) is 7.37. The highest BCUT2D eigenvalue weighted by Gasteiger charge is 2.25. The third-order valence-electron chi connectivity index (χ3n) is 3.46. The Balaban J connectivity index is 0.000000246. The average molecular weight is 305 g/mol. The maximum atomic E-state index is 10.6. The molecule has 0 atom stereocenters. The molecular formula is C15H23N5O2. The second kappa shape index (κ2) is 7.33. The minimum atomic E-state index is -0.533. The third-order valence-corrected chi connectivity index (χ3v) is 3.46. The van der Waals surface area contributed by atoms with Crippen LogP contribution in [0.25, 0.3) is 5.65 Å². The third kappa shape index (κ3) is 3.80. The fraction of sp³-hybridized carbons (Fsp3) is 0.533. The molecular weight excluding hydrogens is 282 g/mol. The van der Waals surface area contributed by atoms with E-state index in [1.54, 1.807) is 0 Å². The lowest BCUT2D eigenvalue weighted by atomic mass is 10.1. The van der Waals surface area contributed by atoms with Crippen LogP contribution in [0.1, 0.15) is 25.2 Å². The summed E-state index contributed by atoms with van der Waals surface area (Å²) in [6.07, 6.45) is 2.57. The van der Waals surface area contributed by atoms with E-state index in [4.69, 9.17) is 4.74 Å². The van der Waals surface area contributed by atoms with Gasteiger partial charge in [0.2, 0.25) is 6.41 Å². The molecule has 2 aromatic rings. The van der Waals surface area contributed by atoms with Crippen LogP contribution in [0.5, 0.6) is 0 Å². The topological polar surface area (TPSA) is 80.5 Å². The van der Waals surface area contributed by atoms with Gasteiger partial charge < -0.3 is 15.4 Å². The molecule has 2 aromatic heterocycles. The summed E-state index contributed by atoms with van der Waals surface area (Å²) < 4.78 is 6.90. The minimum absolute atomic E-state index is 0.533. The molecule has 3 heterocycles. The number of rotatable bonds is 3. The molecule has 0 radical (unpaired) electrons. The fourth-order valence-corrected chi connectivity index (χ4v) is 2.20. The van der Waals surface area contributed by atoms with Gasteiger partial charge in [0.15, 0.2) is 11.5 Å². The van der Waals surface area contributed by atoms with Crippen molar-refractivity contribution in [3.8, 4) is 0 Å². The van der Waals surface area contributed by atoms with Crippen LogP contribution in [0.4, 0.5) is 0 Å². The van der Waals surface area contributed by atoms with Gasteiger partial charge in [-0.3, -0.25) is 9.20 Å². The lowest BCUT2D eigenvalue weighted by Gasteiger charge is -2.21. The van der Waals surface area contributed by atoms with Gasteiger partial charge in [-0.1, -0.05) is 6.07 Å². The molecule has 1 aliphatic rings. The van der Waals surface area contributed by atoms with Crippen molar-refractivity contribution < 1.29 is 9.53 Å². The number of aromatic nitrogens is 3. The number of carbonyl (C=O) groups is 1. The van der Waals surface area contributed by atoms with Gasteiger partial charge in [0.05, 0.1) is 18.8 Å². The lowest BCUT2D eigenvalue weighted by Crippen LogP contribution is -2.37. The molecule has 2 N–H and O–H groups in total. The Morgan fingerprint density at radius 1 is 1.36 bits per heavy atom. The fourth-order valence-electron chi connectivity index (χ4n) is 2.20. The summed E-state index contributed by atoms with van der Waals surface area (Å²) in [7, 11) is 0. The van der Waals surface area contributed by atoms with E-state index in [1.165, 1.54) is 0 Å². The van der Waals surface area contributed by atoms with Crippen molar-refractivity contribution >= 4 is 12.1 Å². The van der Waals surface area contributed by atoms with Crippen LogP contribution < -0.4 is 10.6 Å². The largest absolute Gasteiger partial charge is 0.379 e. The predicted octanol–water partition coefficient (Wildman–Crippen LogP) is 0.625. The van der Waals surface area contributed by atoms with Crippen molar-refractivity contribution in [2.75, 3.05) is 26.3 Å². The zero-order valence-corrected chi connectivity index (χ0v) is 13.3. The predicted molar refractivity (Wildman–Crippen MR) is 83.6 cm³/mol. The van der Waals surface area contributed by atoms with Crippen molar-refractivity contribution in [2.24, 2.45) is 0 Å². The summed E-state index contributed by atoms with van der Waals surface area (Å²) in [6, 6.07) is 3.92. The Morgan fingerprint density at radius 3 is 2.64 bits per heavy atom. The lowest BCUT2D eigenvalue weighted by molar-refractivity contribution is -0.111. The second-order valence-corrected chi connectivity index (χ2v) is 5.66. The van der Waals surface area contributed by atoms with E-state index in [2.05, 4.69) is 20.8 Å². The number of morpholine rings is 1. The highest BCUT2D eigenvalue weighted by molar-refractivity contribution is 5.50. The van der Waals surface area contributed by atoms with Gasteiger partial charge >= 0.3 is 0 Å². The van der Waals surface area contributed by atoms with E-state index >= 15 is 0 Å². The Morgan fingerprint density at radius 2 is 2.09 bits per heavy atom. The number of amides is 1. The molecule has 0 aromatic carbocycles. The molecule has 1 saturated heterocycles. The number of nitrogens with one attached hydrogen (secondary N) is 2. The number of carbonyl (C=O) groups excluding carboxylic acids is 1. The maximum absolute atomic E-state index is 10.6. The monoisotopic (exact) mass is 305 g/mol. The molecule has 1 fully saturated rings. The first-order valence-corrected chi connectivity index (χ1v) is 7.37. The smallest absolute Gasteiger partial charge is 0.207 e. The number of aryl methyl sites for hydroxylation is 1. The molecule has 7 nitrogen and oxygen atoms in total. The van der Waals surface area contributed by atoms with Gasteiger partial charge in [0, 0.05) is 19.3 Å². The normalized spacial score (nSPS) is 15.0. The van der Waals surface area contributed by atoms with Crippen LogP contribution >= 0.6 is 0 Å². The number of hydrogen-bond acceptors (Lipinski definition) is 5. The highest BCUT2D eigenvalue weighted by Crippen LogP contribution is 2.19. The summed E-state index contributed by atoms with van der Waals surface area (Å²) in [5, 5.41) is 14.2. The van der Waals surface area contributed by atoms with E-state index in [1.807, 2.05) is 43.5 Å². The number of hydrogen-bond donors (Lipinski definition) is 2. The van der Waals surface area contributed by atoms with Crippen molar-refractivity contribution in [2.45, 2.75) is 26.3 Å². The van der Waals surface area contributed by atoms with Gasteiger partial charge in [0.1, 0.15) is 0 Å². The van der Waals surface area contributed by atoms with Gasteiger partial charge in [-0.15, -0.1) is 10.2 Å². The van der Waals surface area contributed by atoms with E-state index in [0.29, 0.717) is 6.41 Å². The van der Waals surface area contributed by atoms with Crippen LogP contribution in [0, 0.1) is 6.92 Å². The quantitative estimate of drug-likeness (QED) is 0.813. The molecule has 0 aliphatic carbocycles. The van der Waals surface area contributed by atoms with Crippen LogP contribution in [0.2, 0.25) is 0 Å². The zero-order valence-electron chi connectivity index (χ0n) is 13.3. The molecule has 1 amide bonds. The van der Waals surface area contributed by atoms with E-state index in [9.17, 15) is 4.79 Å². The number of pyridine rings is 1. The molecule has 120 valence electrons. The van der Waals surface area contributed by atoms with Crippen molar-refractivity contribution in [1.29, 1.82) is 0 Å². The molecule has 3 rings (SSSR count). The molecule has 0 unspecified atom stereocenters. The summed E-state index contributed by atoms with van der Waals surface area (Å²) in [5.74, 6) is 0.721. The van der Waals surface area contributed by atoms with Gasteiger partial charge in [-0.05, 0) is 32.4 Å². The van der Waals surface area contributed by atoms with Crippen LogP contribution in [0.15, 0.2) is 18.3 Å². The maximum Gasteiger partial charge on any atom is 0.207 e. The molecule has 22 heavy (non-hydrogen) atoms. The summed E-state index contributed by atoms with van der Waals surface area (Å²) in [5.41, 5.74) is 1.34. The summed E-state index contributed by atoms with van der Waals surface area (Å²) in [4.78, 5) is 10.6. The zero-order chi connectivity index (χ0) is 16.0. The molecule has 7 heteroatoms. The van der Waals surface area contributed by atoms with Crippen molar-refractivity contribution in [1.82, 2.24) is 25.2 Å². The first-order chi connectivity index (χ1) is 10.6. The summed E-state index contributed by atoms with van der Waals surface area (Å²) >= 11 is 0. The Labute approximate surface area is 130 Å². The summed E-state index contributed by atoms with van der Waals surface area (Å²) in [6.45, 7) is 9.59. The molecule has 1 aliphatic heterocycles. The van der Waals surface area contributed by atoms with Crippen LogP contribution in [0.3, 0.4) is 0 Å². The van der Waals surface area contributed by atoms with Gasteiger partial charge in [0.25, 0.3) is 0 Å². The highest BCUT2D eigenvalue weighted by atomic mass is 16.5.